The Morgan fingerprint density at radius 3 is 2.74 bits per heavy atom. The topological polar surface area (TPSA) is 55.6 Å². The van der Waals surface area contributed by atoms with E-state index in [2.05, 4.69) is 0 Å². The first-order valence-corrected chi connectivity index (χ1v) is 6.15. The Morgan fingerprint density at radius 2 is 2.26 bits per heavy atom. The zero-order valence-electron chi connectivity index (χ0n) is 10.9. The zero-order chi connectivity index (χ0) is 14.5. The van der Waals surface area contributed by atoms with Crippen molar-refractivity contribution in [1.82, 2.24) is 4.90 Å². The average molecular weight is 280 g/mol. The average Bonchev–Trinajstić information content (AvgIpc) is 2.37. The summed E-state index contributed by atoms with van der Waals surface area (Å²) < 4.78 is 42.1. The molecule has 0 spiro atoms. The predicted molar refractivity (Wildman–Crippen MR) is 64.4 cm³/mol. The molecule has 19 heavy (non-hydrogen) atoms. The van der Waals surface area contributed by atoms with Crippen LogP contribution in [0.5, 0.6) is 0 Å². The molecule has 110 valence electrons. The lowest BCUT2D eigenvalue weighted by atomic mass is 10.1. The lowest BCUT2D eigenvalue weighted by molar-refractivity contribution is -0.133. The predicted octanol–water partition coefficient (Wildman–Crippen LogP) is 1.46. The molecule has 1 heterocycles. The molecular weight excluding hydrogens is 261 g/mol. The summed E-state index contributed by atoms with van der Waals surface area (Å²) in [5, 5.41) is 0. The van der Waals surface area contributed by atoms with Gasteiger partial charge in [0, 0.05) is 32.4 Å². The highest BCUT2D eigenvalue weighted by atomic mass is 19.4. The number of nitrogens with two attached hydrogens (primary N) is 1. The smallest absolute Gasteiger partial charge is 0.385 e. The maximum Gasteiger partial charge on any atom is 0.412 e. The van der Waals surface area contributed by atoms with Crippen LogP contribution in [0, 0.1) is 0 Å². The molecule has 0 aromatic carbocycles. The Morgan fingerprint density at radius 1 is 1.58 bits per heavy atom. The van der Waals surface area contributed by atoms with Crippen molar-refractivity contribution in [3.63, 3.8) is 0 Å². The van der Waals surface area contributed by atoms with Gasteiger partial charge in [0.2, 0.25) is 5.91 Å². The third kappa shape index (κ3) is 4.83. The van der Waals surface area contributed by atoms with Crippen LogP contribution in [0.4, 0.5) is 13.2 Å². The van der Waals surface area contributed by atoms with Crippen LogP contribution in [0.15, 0.2) is 11.6 Å². The van der Waals surface area contributed by atoms with Crippen molar-refractivity contribution < 1.29 is 22.7 Å². The minimum absolute atomic E-state index is 0.0222. The molecule has 0 aromatic rings. The van der Waals surface area contributed by atoms with Gasteiger partial charge >= 0.3 is 6.18 Å². The van der Waals surface area contributed by atoms with Gasteiger partial charge in [-0.1, -0.05) is 6.08 Å². The molecule has 1 atom stereocenters. The maximum absolute atomic E-state index is 12.4. The van der Waals surface area contributed by atoms with Gasteiger partial charge in [-0.25, -0.2) is 0 Å². The van der Waals surface area contributed by atoms with Crippen LogP contribution in [0.25, 0.3) is 0 Å². The number of amides is 1. The molecule has 0 fully saturated rings. The molecule has 1 unspecified atom stereocenters. The molecule has 2 N–H and O–H groups in total. The van der Waals surface area contributed by atoms with Crippen LogP contribution in [0.1, 0.15) is 19.3 Å². The summed E-state index contributed by atoms with van der Waals surface area (Å²) in [4.78, 5) is 13.3. The lowest BCUT2D eigenvalue weighted by Crippen LogP contribution is -2.46. The molecule has 1 aliphatic rings. The Balaban J connectivity index is 2.46. The van der Waals surface area contributed by atoms with Gasteiger partial charge < -0.3 is 15.4 Å². The van der Waals surface area contributed by atoms with Gasteiger partial charge in [-0.2, -0.15) is 13.2 Å². The van der Waals surface area contributed by atoms with Crippen LogP contribution in [-0.4, -0.2) is 49.8 Å². The summed E-state index contributed by atoms with van der Waals surface area (Å²) >= 11 is 0. The Bertz CT molecular complexity index is 342. The van der Waals surface area contributed by atoms with E-state index in [1.165, 1.54) is 4.90 Å². The molecule has 0 saturated carbocycles. The van der Waals surface area contributed by atoms with Gasteiger partial charge in [-0.15, -0.1) is 0 Å². The number of ether oxygens (including phenoxy) is 1. The summed E-state index contributed by atoms with van der Waals surface area (Å²) in [6.45, 7) is 0.562. The number of rotatable bonds is 5. The number of carbonyl (C=O) groups excluding carboxylic acids is 1. The van der Waals surface area contributed by atoms with E-state index in [9.17, 15) is 18.0 Å². The first kappa shape index (κ1) is 16.0. The van der Waals surface area contributed by atoms with Crippen LogP contribution in [0.3, 0.4) is 0 Å². The molecular formula is C12H19F3N2O2. The Labute approximate surface area is 110 Å². The van der Waals surface area contributed by atoms with Gasteiger partial charge in [0.15, 0.2) is 0 Å². The standard InChI is InChI=1S/C12H19F3N2O2/c1-19-8-2-3-10(16)11(18)17-6-4-9(5-7-17)12(13,14)15/h4,10H,2-3,5-8,16H2,1H3. The lowest BCUT2D eigenvalue weighted by Gasteiger charge is -2.29. The second-order valence-electron chi connectivity index (χ2n) is 4.50. The molecule has 7 heteroatoms. The number of nitrogens with zero attached hydrogens (tertiary/aromatic N) is 1. The summed E-state index contributed by atoms with van der Waals surface area (Å²) in [5.74, 6) is -0.298. The van der Waals surface area contributed by atoms with Crippen molar-refractivity contribution in [2.45, 2.75) is 31.5 Å². The minimum atomic E-state index is -4.30. The Hall–Kier alpha value is -1.08. The SMILES string of the molecule is COCCCC(N)C(=O)N1CC=C(C(F)(F)F)CC1. The number of halogens is 3. The number of hydrogen-bond acceptors (Lipinski definition) is 3. The van der Waals surface area contributed by atoms with E-state index in [4.69, 9.17) is 10.5 Å². The van der Waals surface area contributed by atoms with E-state index < -0.39 is 17.8 Å². The van der Waals surface area contributed by atoms with E-state index >= 15 is 0 Å². The van der Waals surface area contributed by atoms with Crippen LogP contribution >= 0.6 is 0 Å². The highest BCUT2D eigenvalue weighted by Gasteiger charge is 2.35. The van der Waals surface area contributed by atoms with Gasteiger partial charge in [0.1, 0.15) is 0 Å². The van der Waals surface area contributed by atoms with Gasteiger partial charge in [0.25, 0.3) is 0 Å². The summed E-state index contributed by atoms with van der Waals surface area (Å²) in [5.41, 5.74) is 5.15. The number of methoxy groups -OCH3 is 1. The third-order valence-electron chi connectivity index (χ3n) is 3.07. The molecule has 1 amide bonds. The molecule has 0 aromatic heterocycles. The fraction of sp³-hybridized carbons (Fsp3) is 0.750. The molecule has 0 aliphatic carbocycles. The van der Waals surface area contributed by atoms with Gasteiger partial charge in [0.05, 0.1) is 6.04 Å². The van der Waals surface area contributed by atoms with E-state index in [0.717, 1.165) is 6.08 Å². The van der Waals surface area contributed by atoms with Crippen molar-refractivity contribution in [2.24, 2.45) is 5.73 Å². The first-order valence-electron chi connectivity index (χ1n) is 6.15. The molecule has 4 nitrogen and oxygen atoms in total. The van der Waals surface area contributed by atoms with Crippen LogP contribution in [0.2, 0.25) is 0 Å². The third-order valence-corrected chi connectivity index (χ3v) is 3.07. The largest absolute Gasteiger partial charge is 0.412 e. The summed E-state index contributed by atoms with van der Waals surface area (Å²) in [7, 11) is 1.56. The van der Waals surface area contributed by atoms with E-state index in [1.54, 1.807) is 7.11 Å². The fourth-order valence-corrected chi connectivity index (χ4v) is 1.93. The quantitative estimate of drug-likeness (QED) is 0.613. The Kier molecular flexibility index (Phi) is 5.81. The fourth-order valence-electron chi connectivity index (χ4n) is 1.93. The van der Waals surface area contributed by atoms with Crippen molar-refractivity contribution >= 4 is 5.91 Å². The second kappa shape index (κ2) is 6.91. The summed E-state index contributed by atoms with van der Waals surface area (Å²) in [6.07, 6.45) is -2.28. The maximum atomic E-state index is 12.4. The second-order valence-corrected chi connectivity index (χ2v) is 4.50. The summed E-state index contributed by atoms with van der Waals surface area (Å²) in [6, 6.07) is -0.670. The van der Waals surface area contributed by atoms with Crippen LogP contribution in [-0.2, 0) is 9.53 Å². The molecule has 1 aliphatic heterocycles. The van der Waals surface area contributed by atoms with E-state index in [0.29, 0.717) is 19.4 Å². The van der Waals surface area contributed by atoms with Crippen molar-refractivity contribution in [3.05, 3.63) is 11.6 Å². The minimum Gasteiger partial charge on any atom is -0.385 e. The van der Waals surface area contributed by atoms with E-state index in [-0.39, 0.29) is 25.4 Å². The first-order chi connectivity index (χ1) is 8.86. The van der Waals surface area contributed by atoms with Crippen molar-refractivity contribution in [3.8, 4) is 0 Å². The van der Waals surface area contributed by atoms with Crippen LogP contribution < -0.4 is 5.73 Å². The van der Waals surface area contributed by atoms with E-state index in [1.807, 2.05) is 0 Å². The van der Waals surface area contributed by atoms with Gasteiger partial charge in [-0.3, -0.25) is 4.79 Å². The monoisotopic (exact) mass is 280 g/mol. The molecule has 0 radical (unpaired) electrons. The van der Waals surface area contributed by atoms with Crippen molar-refractivity contribution in [2.75, 3.05) is 26.8 Å². The zero-order valence-corrected chi connectivity index (χ0v) is 10.9. The molecule has 0 bridgehead atoms. The highest BCUT2D eigenvalue weighted by molar-refractivity contribution is 5.82. The molecule has 0 saturated heterocycles. The highest BCUT2D eigenvalue weighted by Crippen LogP contribution is 2.30. The number of alkyl halides is 3. The number of carbonyl (C=O) groups is 1. The molecule has 1 rings (SSSR count). The van der Waals surface area contributed by atoms with Gasteiger partial charge in [-0.05, 0) is 19.3 Å². The normalized spacial score (nSPS) is 18.2. The number of hydrogen-bond donors (Lipinski definition) is 1. The van der Waals surface area contributed by atoms with Crippen molar-refractivity contribution in [1.29, 1.82) is 0 Å².